The van der Waals surface area contributed by atoms with Crippen molar-refractivity contribution in [3.8, 4) is 11.5 Å². The molecule has 0 atom stereocenters. The van der Waals surface area contributed by atoms with Gasteiger partial charge in [-0.1, -0.05) is 80.4 Å². The number of nitrogens with zero attached hydrogens (tertiary/aromatic N) is 1. The van der Waals surface area contributed by atoms with Gasteiger partial charge < -0.3 is 4.42 Å². The van der Waals surface area contributed by atoms with Crippen LogP contribution in [0.4, 0.5) is 0 Å². The lowest BCUT2D eigenvalue weighted by Crippen LogP contribution is -1.81. The Bertz CT molecular complexity index is 1180. The lowest BCUT2D eigenvalue weighted by molar-refractivity contribution is 0.623. The highest BCUT2D eigenvalue weighted by Crippen LogP contribution is 2.37. The summed E-state index contributed by atoms with van der Waals surface area (Å²) in [4.78, 5) is 4.84. The van der Waals surface area contributed by atoms with Gasteiger partial charge in [-0.25, -0.2) is 4.98 Å². The zero-order valence-corrected chi connectivity index (χ0v) is 16.1. The van der Waals surface area contributed by atoms with Gasteiger partial charge in [0.1, 0.15) is 5.52 Å². The lowest BCUT2D eigenvalue weighted by atomic mass is 10.0. The molecule has 0 radical (unpaired) electrons. The SMILES string of the molecule is Brc1cc(Br)cc(-c2nc3c4ccccc4c4ccccc4c3o2)c1. The molecule has 5 rings (SSSR count). The van der Waals surface area contributed by atoms with E-state index in [0.29, 0.717) is 5.89 Å². The van der Waals surface area contributed by atoms with E-state index in [1.54, 1.807) is 0 Å². The summed E-state index contributed by atoms with van der Waals surface area (Å²) in [7, 11) is 0. The maximum atomic E-state index is 6.23. The second-order valence-corrected chi connectivity index (χ2v) is 7.78. The molecule has 0 bridgehead atoms. The normalized spacial score (nSPS) is 11.6. The number of rotatable bonds is 1. The number of oxazole rings is 1. The van der Waals surface area contributed by atoms with Crippen molar-refractivity contribution in [3.63, 3.8) is 0 Å². The van der Waals surface area contributed by atoms with Gasteiger partial charge in [-0.2, -0.15) is 0 Å². The summed E-state index contributed by atoms with van der Waals surface area (Å²) in [5.74, 6) is 0.624. The molecule has 0 saturated carbocycles. The summed E-state index contributed by atoms with van der Waals surface area (Å²) in [5, 5.41) is 4.58. The molecule has 0 fully saturated rings. The Labute approximate surface area is 160 Å². The molecule has 0 unspecified atom stereocenters. The van der Waals surface area contributed by atoms with Crippen LogP contribution in [-0.4, -0.2) is 4.98 Å². The monoisotopic (exact) mass is 451 g/mol. The first-order valence-corrected chi connectivity index (χ1v) is 9.46. The van der Waals surface area contributed by atoms with Crippen LogP contribution in [0.5, 0.6) is 0 Å². The first-order chi connectivity index (χ1) is 12.2. The molecule has 0 aliphatic heterocycles. The lowest BCUT2D eigenvalue weighted by Gasteiger charge is -2.04. The van der Waals surface area contributed by atoms with Gasteiger partial charge in [-0.05, 0) is 29.0 Å². The molecular formula is C21H11Br2NO. The van der Waals surface area contributed by atoms with Crippen LogP contribution in [0.1, 0.15) is 0 Å². The number of aromatic nitrogens is 1. The van der Waals surface area contributed by atoms with Crippen molar-refractivity contribution in [1.82, 2.24) is 4.98 Å². The zero-order chi connectivity index (χ0) is 17.0. The molecular weight excluding hydrogens is 442 g/mol. The van der Waals surface area contributed by atoms with Gasteiger partial charge in [-0.15, -0.1) is 0 Å². The fourth-order valence-electron chi connectivity index (χ4n) is 3.33. The van der Waals surface area contributed by atoms with Crippen LogP contribution in [0.15, 0.2) is 80.1 Å². The maximum absolute atomic E-state index is 6.23. The molecule has 25 heavy (non-hydrogen) atoms. The number of halogens is 2. The van der Waals surface area contributed by atoms with Crippen molar-refractivity contribution in [3.05, 3.63) is 75.7 Å². The van der Waals surface area contributed by atoms with Crippen molar-refractivity contribution in [1.29, 1.82) is 0 Å². The second kappa shape index (κ2) is 5.68. The van der Waals surface area contributed by atoms with Crippen molar-refractivity contribution < 1.29 is 4.42 Å². The average Bonchev–Trinajstić information content (AvgIpc) is 3.07. The van der Waals surface area contributed by atoms with E-state index in [2.05, 4.69) is 68.3 Å². The summed E-state index contributed by atoms with van der Waals surface area (Å²) in [5.41, 5.74) is 2.67. The van der Waals surface area contributed by atoms with Crippen LogP contribution < -0.4 is 0 Å². The topological polar surface area (TPSA) is 26.0 Å². The summed E-state index contributed by atoms with van der Waals surface area (Å²) in [6.45, 7) is 0. The van der Waals surface area contributed by atoms with Gasteiger partial charge in [0.25, 0.3) is 0 Å². The third kappa shape index (κ3) is 2.40. The fourth-order valence-corrected chi connectivity index (χ4v) is 4.62. The number of hydrogen-bond acceptors (Lipinski definition) is 2. The van der Waals surface area contributed by atoms with Crippen molar-refractivity contribution in [2.45, 2.75) is 0 Å². The van der Waals surface area contributed by atoms with E-state index in [0.717, 1.165) is 36.4 Å². The Morgan fingerprint density at radius 2 is 1.24 bits per heavy atom. The number of fused-ring (bicyclic) bond motifs is 6. The van der Waals surface area contributed by atoms with Crippen molar-refractivity contribution in [2.75, 3.05) is 0 Å². The van der Waals surface area contributed by atoms with Gasteiger partial charge >= 0.3 is 0 Å². The highest BCUT2D eigenvalue weighted by molar-refractivity contribution is 9.11. The quantitative estimate of drug-likeness (QED) is 0.249. The zero-order valence-electron chi connectivity index (χ0n) is 13.0. The molecule has 4 aromatic carbocycles. The Hall–Kier alpha value is -2.17. The Kier molecular flexibility index (Phi) is 3.43. The maximum Gasteiger partial charge on any atom is 0.227 e. The molecule has 1 aromatic heterocycles. The molecule has 1 heterocycles. The van der Waals surface area contributed by atoms with Gasteiger partial charge in [0.2, 0.25) is 5.89 Å². The Morgan fingerprint density at radius 1 is 0.680 bits per heavy atom. The average molecular weight is 453 g/mol. The summed E-state index contributed by atoms with van der Waals surface area (Å²) < 4.78 is 8.19. The van der Waals surface area contributed by atoms with Crippen LogP contribution >= 0.6 is 31.9 Å². The molecule has 2 nitrogen and oxygen atoms in total. The largest absolute Gasteiger partial charge is 0.435 e. The van der Waals surface area contributed by atoms with E-state index in [4.69, 9.17) is 9.40 Å². The number of benzene rings is 4. The summed E-state index contributed by atoms with van der Waals surface area (Å²) in [6, 6.07) is 22.7. The number of hydrogen-bond donors (Lipinski definition) is 0. The van der Waals surface area contributed by atoms with E-state index < -0.39 is 0 Å². The summed E-state index contributed by atoms with van der Waals surface area (Å²) in [6.07, 6.45) is 0. The molecule has 120 valence electrons. The van der Waals surface area contributed by atoms with Gasteiger partial charge in [0, 0.05) is 25.3 Å². The summed E-state index contributed by atoms with van der Waals surface area (Å²) >= 11 is 7.07. The van der Waals surface area contributed by atoms with Crippen LogP contribution in [0.2, 0.25) is 0 Å². The van der Waals surface area contributed by atoms with E-state index >= 15 is 0 Å². The standard InChI is InChI=1S/C21H11Br2NO/c22-13-9-12(10-14(23)11-13)21-24-19-17-7-3-1-5-15(17)16-6-2-4-8-18(16)20(19)25-21/h1-11H. The molecule has 0 saturated heterocycles. The molecule has 4 heteroatoms. The third-order valence-corrected chi connectivity index (χ3v) is 5.30. The third-order valence-electron chi connectivity index (χ3n) is 4.38. The Morgan fingerprint density at radius 3 is 1.92 bits per heavy atom. The van der Waals surface area contributed by atoms with Crippen LogP contribution in [0.3, 0.4) is 0 Å². The van der Waals surface area contributed by atoms with E-state index in [1.807, 2.05) is 30.3 Å². The van der Waals surface area contributed by atoms with Crippen LogP contribution in [0.25, 0.3) is 44.1 Å². The minimum Gasteiger partial charge on any atom is -0.435 e. The first-order valence-electron chi connectivity index (χ1n) is 7.87. The minimum absolute atomic E-state index is 0.624. The predicted molar refractivity (Wildman–Crippen MR) is 110 cm³/mol. The van der Waals surface area contributed by atoms with E-state index in [-0.39, 0.29) is 0 Å². The molecule has 0 aliphatic rings. The Balaban J connectivity index is 1.94. The molecule has 5 aromatic rings. The van der Waals surface area contributed by atoms with Gasteiger partial charge in [0.15, 0.2) is 5.58 Å². The highest BCUT2D eigenvalue weighted by Gasteiger charge is 2.16. The van der Waals surface area contributed by atoms with Crippen molar-refractivity contribution in [2.24, 2.45) is 0 Å². The first kappa shape index (κ1) is 15.1. The van der Waals surface area contributed by atoms with E-state index in [1.165, 1.54) is 10.8 Å². The smallest absolute Gasteiger partial charge is 0.227 e. The van der Waals surface area contributed by atoms with Gasteiger partial charge in [0.05, 0.1) is 0 Å². The molecule has 0 spiro atoms. The minimum atomic E-state index is 0.624. The predicted octanol–water partition coefficient (Wildman–Crippen LogP) is 7.33. The van der Waals surface area contributed by atoms with Gasteiger partial charge in [-0.3, -0.25) is 0 Å². The van der Waals surface area contributed by atoms with Crippen LogP contribution in [0, 0.1) is 0 Å². The van der Waals surface area contributed by atoms with Crippen LogP contribution in [-0.2, 0) is 0 Å². The molecule has 0 N–H and O–H groups in total. The highest BCUT2D eigenvalue weighted by atomic mass is 79.9. The van der Waals surface area contributed by atoms with Crippen molar-refractivity contribution >= 4 is 64.5 Å². The molecule has 0 aliphatic carbocycles. The molecule has 0 amide bonds. The fraction of sp³-hybridized carbons (Fsp3) is 0. The van der Waals surface area contributed by atoms with E-state index in [9.17, 15) is 0 Å². The second-order valence-electron chi connectivity index (χ2n) is 5.95.